The lowest BCUT2D eigenvalue weighted by molar-refractivity contribution is -0.131. The minimum Gasteiger partial charge on any atom is -0.341 e. The average molecular weight is 329 g/mol. The molecule has 0 radical (unpaired) electrons. The molecular formula is C23H23NO. The van der Waals surface area contributed by atoms with Crippen LogP contribution in [0.2, 0.25) is 0 Å². The Hall–Kier alpha value is -2.87. The van der Waals surface area contributed by atoms with E-state index in [-0.39, 0.29) is 11.8 Å². The molecule has 0 unspecified atom stereocenters. The summed E-state index contributed by atoms with van der Waals surface area (Å²) in [5.41, 5.74) is 4.43. The molecule has 1 amide bonds. The van der Waals surface area contributed by atoms with Crippen molar-refractivity contribution in [3.8, 4) is 0 Å². The van der Waals surface area contributed by atoms with E-state index < -0.39 is 0 Å². The van der Waals surface area contributed by atoms with Crippen molar-refractivity contribution >= 4 is 5.91 Å². The van der Waals surface area contributed by atoms with Crippen molar-refractivity contribution in [3.05, 3.63) is 107 Å². The molecule has 0 fully saturated rings. The highest BCUT2D eigenvalue weighted by atomic mass is 16.2. The summed E-state index contributed by atoms with van der Waals surface area (Å²) in [7, 11) is 1.88. The number of carbonyl (C=O) groups is 1. The molecule has 0 spiro atoms. The largest absolute Gasteiger partial charge is 0.341 e. The van der Waals surface area contributed by atoms with E-state index in [2.05, 4.69) is 19.1 Å². The first kappa shape index (κ1) is 17.0. The van der Waals surface area contributed by atoms with Crippen molar-refractivity contribution in [1.29, 1.82) is 0 Å². The highest BCUT2D eigenvalue weighted by Gasteiger charge is 2.25. The molecule has 0 aliphatic heterocycles. The van der Waals surface area contributed by atoms with Gasteiger partial charge in [-0.1, -0.05) is 84.9 Å². The van der Waals surface area contributed by atoms with Gasteiger partial charge < -0.3 is 4.90 Å². The zero-order valence-corrected chi connectivity index (χ0v) is 14.7. The highest BCUT2D eigenvalue weighted by Crippen LogP contribution is 2.27. The third-order valence-electron chi connectivity index (χ3n) is 4.56. The van der Waals surface area contributed by atoms with Gasteiger partial charge in [0.15, 0.2) is 0 Å². The summed E-state index contributed by atoms with van der Waals surface area (Å²) >= 11 is 0. The van der Waals surface area contributed by atoms with E-state index in [0.717, 1.165) is 11.1 Å². The van der Waals surface area contributed by atoms with Crippen molar-refractivity contribution < 1.29 is 4.79 Å². The minimum atomic E-state index is -0.281. The van der Waals surface area contributed by atoms with Gasteiger partial charge >= 0.3 is 0 Å². The molecule has 0 N–H and O–H groups in total. The Kier molecular flexibility index (Phi) is 5.30. The van der Waals surface area contributed by atoms with E-state index in [1.165, 1.54) is 11.1 Å². The Morgan fingerprint density at radius 2 is 1.28 bits per heavy atom. The van der Waals surface area contributed by atoms with Gasteiger partial charge in [0.1, 0.15) is 0 Å². The van der Waals surface area contributed by atoms with Crippen LogP contribution in [-0.4, -0.2) is 17.9 Å². The zero-order chi connectivity index (χ0) is 17.6. The van der Waals surface area contributed by atoms with Crippen molar-refractivity contribution in [2.45, 2.75) is 19.4 Å². The molecule has 126 valence electrons. The lowest BCUT2D eigenvalue weighted by atomic mass is 9.90. The van der Waals surface area contributed by atoms with Crippen molar-refractivity contribution in [2.75, 3.05) is 7.05 Å². The predicted molar refractivity (Wildman–Crippen MR) is 102 cm³/mol. The summed E-state index contributed by atoms with van der Waals surface area (Å²) in [5, 5.41) is 0. The van der Waals surface area contributed by atoms with Crippen LogP contribution < -0.4 is 0 Å². The monoisotopic (exact) mass is 329 g/mol. The first-order valence-corrected chi connectivity index (χ1v) is 8.56. The number of amides is 1. The van der Waals surface area contributed by atoms with Gasteiger partial charge in [-0.2, -0.15) is 0 Å². The Labute approximate surface area is 149 Å². The Morgan fingerprint density at radius 3 is 1.80 bits per heavy atom. The van der Waals surface area contributed by atoms with E-state index in [1.807, 2.05) is 84.7 Å². The summed E-state index contributed by atoms with van der Waals surface area (Å²) in [6.45, 7) is 2.70. The summed E-state index contributed by atoms with van der Waals surface area (Å²) < 4.78 is 0. The van der Waals surface area contributed by atoms with E-state index in [0.29, 0.717) is 6.54 Å². The maximum atomic E-state index is 13.3. The summed E-state index contributed by atoms with van der Waals surface area (Å²) in [6.07, 6.45) is 0. The number of carbonyl (C=O) groups excluding carboxylic acids is 1. The highest BCUT2D eigenvalue weighted by molar-refractivity contribution is 5.87. The number of likely N-dealkylation sites (N-methyl/N-ethyl adjacent to an activating group) is 1. The quantitative estimate of drug-likeness (QED) is 0.659. The second kappa shape index (κ2) is 7.80. The fourth-order valence-corrected chi connectivity index (χ4v) is 3.11. The summed E-state index contributed by atoms with van der Waals surface area (Å²) in [5.74, 6) is -0.169. The fourth-order valence-electron chi connectivity index (χ4n) is 3.11. The van der Waals surface area contributed by atoms with Crippen LogP contribution in [0.5, 0.6) is 0 Å². The van der Waals surface area contributed by atoms with Gasteiger partial charge in [0.2, 0.25) is 5.91 Å². The lowest BCUT2D eigenvalue weighted by Gasteiger charge is -2.25. The number of benzene rings is 3. The van der Waals surface area contributed by atoms with Crippen LogP contribution in [-0.2, 0) is 11.3 Å². The molecule has 0 saturated carbocycles. The molecular weight excluding hydrogens is 306 g/mol. The molecule has 3 rings (SSSR count). The predicted octanol–water partition coefficient (Wildman–Crippen LogP) is 4.79. The van der Waals surface area contributed by atoms with Crippen LogP contribution in [0.4, 0.5) is 0 Å². The van der Waals surface area contributed by atoms with Crippen molar-refractivity contribution in [3.63, 3.8) is 0 Å². The SMILES string of the molecule is Cc1ccccc1CN(C)C(=O)C(c1ccccc1)c1ccccc1. The summed E-state index contributed by atoms with van der Waals surface area (Å²) in [4.78, 5) is 15.1. The maximum Gasteiger partial charge on any atom is 0.234 e. The number of hydrogen-bond acceptors (Lipinski definition) is 1. The molecule has 0 atom stereocenters. The number of rotatable bonds is 5. The van der Waals surface area contributed by atoms with Crippen LogP contribution in [0.15, 0.2) is 84.9 Å². The van der Waals surface area contributed by atoms with Crippen LogP contribution in [0.25, 0.3) is 0 Å². The van der Waals surface area contributed by atoms with Gasteiger partial charge in [-0.15, -0.1) is 0 Å². The Bertz CT molecular complexity index is 787. The Balaban J connectivity index is 1.90. The number of nitrogens with zero attached hydrogens (tertiary/aromatic N) is 1. The second-order valence-corrected chi connectivity index (χ2v) is 6.38. The molecule has 2 heteroatoms. The smallest absolute Gasteiger partial charge is 0.234 e. The molecule has 25 heavy (non-hydrogen) atoms. The van der Waals surface area contributed by atoms with Crippen LogP contribution >= 0.6 is 0 Å². The van der Waals surface area contributed by atoms with Gasteiger partial charge in [0, 0.05) is 13.6 Å². The Morgan fingerprint density at radius 1 is 0.800 bits per heavy atom. The van der Waals surface area contributed by atoms with Gasteiger partial charge in [0.25, 0.3) is 0 Å². The van der Waals surface area contributed by atoms with E-state index >= 15 is 0 Å². The number of aryl methyl sites for hydroxylation is 1. The van der Waals surface area contributed by atoms with Gasteiger partial charge in [-0.25, -0.2) is 0 Å². The van der Waals surface area contributed by atoms with Crippen molar-refractivity contribution in [1.82, 2.24) is 4.90 Å². The molecule has 0 bridgehead atoms. The van der Waals surface area contributed by atoms with Crippen LogP contribution in [0.1, 0.15) is 28.2 Å². The fraction of sp³-hybridized carbons (Fsp3) is 0.174. The van der Waals surface area contributed by atoms with Gasteiger partial charge in [-0.3, -0.25) is 4.79 Å². The van der Waals surface area contributed by atoms with Gasteiger partial charge in [-0.05, 0) is 29.2 Å². The molecule has 3 aromatic carbocycles. The molecule has 0 aliphatic rings. The summed E-state index contributed by atoms with van der Waals surface area (Å²) in [6, 6.07) is 28.2. The van der Waals surface area contributed by atoms with Crippen molar-refractivity contribution in [2.24, 2.45) is 0 Å². The average Bonchev–Trinajstić information content (AvgIpc) is 2.65. The zero-order valence-electron chi connectivity index (χ0n) is 14.7. The molecule has 0 heterocycles. The van der Waals surface area contributed by atoms with E-state index in [1.54, 1.807) is 0 Å². The third-order valence-corrected chi connectivity index (χ3v) is 4.56. The number of hydrogen-bond donors (Lipinski definition) is 0. The first-order valence-electron chi connectivity index (χ1n) is 8.56. The van der Waals surface area contributed by atoms with E-state index in [9.17, 15) is 4.79 Å². The van der Waals surface area contributed by atoms with E-state index in [4.69, 9.17) is 0 Å². The third kappa shape index (κ3) is 3.97. The second-order valence-electron chi connectivity index (χ2n) is 6.38. The van der Waals surface area contributed by atoms with Gasteiger partial charge in [0.05, 0.1) is 5.92 Å². The minimum absolute atomic E-state index is 0.112. The molecule has 2 nitrogen and oxygen atoms in total. The molecule has 3 aromatic rings. The lowest BCUT2D eigenvalue weighted by Crippen LogP contribution is -2.32. The topological polar surface area (TPSA) is 20.3 Å². The molecule has 0 saturated heterocycles. The first-order chi connectivity index (χ1) is 12.2. The maximum absolute atomic E-state index is 13.3. The molecule has 0 aliphatic carbocycles. The normalized spacial score (nSPS) is 10.7. The standard InChI is InChI=1S/C23H23NO/c1-18-11-9-10-16-21(18)17-24(2)23(25)22(19-12-5-3-6-13-19)20-14-7-4-8-15-20/h3-16,22H,17H2,1-2H3. The van der Waals surface area contributed by atoms with Crippen LogP contribution in [0.3, 0.4) is 0 Å². The van der Waals surface area contributed by atoms with Crippen LogP contribution in [0, 0.1) is 6.92 Å². The molecule has 0 aromatic heterocycles.